The topological polar surface area (TPSA) is 77.6 Å². The van der Waals surface area contributed by atoms with Gasteiger partial charge in [-0.05, 0) is 19.1 Å². The first-order chi connectivity index (χ1) is 13.1. The van der Waals surface area contributed by atoms with Crippen LogP contribution >= 0.6 is 23.4 Å². The van der Waals surface area contributed by atoms with Crippen molar-refractivity contribution in [3.63, 3.8) is 0 Å². The van der Waals surface area contributed by atoms with E-state index in [2.05, 4.69) is 27.2 Å². The Bertz CT molecular complexity index is 951. The van der Waals surface area contributed by atoms with Gasteiger partial charge in [0, 0.05) is 19.3 Å². The number of aromatic nitrogens is 5. The SMILES string of the molecule is C=CCn1c(SCC(=O)Nc2ccccc2Cl)nnc1-c1cnn(CC)c1. The molecule has 27 heavy (non-hydrogen) atoms. The Morgan fingerprint density at radius 1 is 1.37 bits per heavy atom. The molecule has 2 heterocycles. The minimum Gasteiger partial charge on any atom is -0.324 e. The molecular formula is C18H19ClN6OS. The number of hydrogen-bond donors (Lipinski definition) is 1. The zero-order chi connectivity index (χ0) is 19.2. The Balaban J connectivity index is 1.72. The van der Waals surface area contributed by atoms with E-state index in [9.17, 15) is 4.79 Å². The van der Waals surface area contributed by atoms with Crippen LogP contribution in [-0.4, -0.2) is 36.2 Å². The van der Waals surface area contributed by atoms with E-state index in [0.717, 1.165) is 12.1 Å². The van der Waals surface area contributed by atoms with Crippen molar-refractivity contribution in [2.24, 2.45) is 0 Å². The first kappa shape index (κ1) is 19.2. The van der Waals surface area contributed by atoms with Crippen LogP contribution in [0.15, 0.2) is 54.5 Å². The lowest BCUT2D eigenvalue weighted by Gasteiger charge is -2.08. The molecule has 140 valence electrons. The molecule has 0 aliphatic heterocycles. The number of carbonyl (C=O) groups excluding carboxylic acids is 1. The highest BCUT2D eigenvalue weighted by Gasteiger charge is 2.16. The number of halogens is 1. The van der Waals surface area contributed by atoms with E-state index in [0.29, 0.717) is 28.2 Å². The minimum atomic E-state index is -0.165. The van der Waals surface area contributed by atoms with Crippen molar-refractivity contribution in [1.82, 2.24) is 24.5 Å². The summed E-state index contributed by atoms with van der Waals surface area (Å²) in [5.41, 5.74) is 1.46. The third-order valence-corrected chi connectivity index (χ3v) is 5.02. The van der Waals surface area contributed by atoms with Gasteiger partial charge in [0.1, 0.15) is 0 Å². The summed E-state index contributed by atoms with van der Waals surface area (Å²) < 4.78 is 3.74. The molecule has 9 heteroatoms. The predicted molar refractivity (Wildman–Crippen MR) is 108 cm³/mol. The Morgan fingerprint density at radius 2 is 2.19 bits per heavy atom. The Kier molecular flexibility index (Phi) is 6.31. The van der Waals surface area contributed by atoms with Gasteiger partial charge in [0.15, 0.2) is 11.0 Å². The predicted octanol–water partition coefficient (Wildman–Crippen LogP) is 3.73. The van der Waals surface area contributed by atoms with Gasteiger partial charge in [-0.2, -0.15) is 5.10 Å². The van der Waals surface area contributed by atoms with Crippen molar-refractivity contribution in [1.29, 1.82) is 0 Å². The highest BCUT2D eigenvalue weighted by Crippen LogP contribution is 2.25. The van der Waals surface area contributed by atoms with Crippen LogP contribution in [0.3, 0.4) is 0 Å². The second-order valence-electron chi connectivity index (χ2n) is 5.61. The number of carbonyl (C=O) groups is 1. The fourth-order valence-corrected chi connectivity index (χ4v) is 3.36. The lowest BCUT2D eigenvalue weighted by atomic mass is 10.3. The maximum Gasteiger partial charge on any atom is 0.234 e. The number of para-hydroxylation sites is 1. The Hall–Kier alpha value is -2.58. The van der Waals surface area contributed by atoms with E-state index in [4.69, 9.17) is 11.6 Å². The van der Waals surface area contributed by atoms with Crippen molar-refractivity contribution < 1.29 is 4.79 Å². The van der Waals surface area contributed by atoms with Crippen molar-refractivity contribution >= 4 is 35.0 Å². The molecule has 0 saturated carbocycles. The molecule has 3 aromatic rings. The standard InChI is InChI=1S/C18H19ClN6OS/c1-3-9-25-17(13-10-20-24(4-2)11-13)22-23-18(25)27-12-16(26)21-15-8-6-5-7-14(15)19/h3,5-8,10-11H,1,4,9,12H2,2H3,(H,21,26). The number of nitrogens with zero attached hydrogens (tertiary/aromatic N) is 5. The number of hydrogen-bond acceptors (Lipinski definition) is 5. The van der Waals surface area contributed by atoms with Gasteiger partial charge in [0.25, 0.3) is 0 Å². The number of rotatable bonds is 8. The number of allylic oxidation sites excluding steroid dienone is 1. The van der Waals surface area contributed by atoms with Gasteiger partial charge in [-0.1, -0.05) is 41.6 Å². The summed E-state index contributed by atoms with van der Waals surface area (Å²) in [4.78, 5) is 12.2. The number of nitrogens with one attached hydrogen (secondary N) is 1. The molecule has 1 amide bonds. The fourth-order valence-electron chi connectivity index (χ4n) is 2.43. The van der Waals surface area contributed by atoms with Gasteiger partial charge in [0.2, 0.25) is 5.91 Å². The van der Waals surface area contributed by atoms with Crippen LogP contribution in [0.2, 0.25) is 5.02 Å². The average Bonchev–Trinajstić information content (AvgIpc) is 3.29. The molecule has 1 aromatic carbocycles. The Labute approximate surface area is 166 Å². The summed E-state index contributed by atoms with van der Waals surface area (Å²) in [6.07, 6.45) is 5.44. The smallest absolute Gasteiger partial charge is 0.234 e. The van der Waals surface area contributed by atoms with Gasteiger partial charge < -0.3 is 5.32 Å². The van der Waals surface area contributed by atoms with Crippen LogP contribution in [0.4, 0.5) is 5.69 Å². The molecule has 0 spiro atoms. The quantitative estimate of drug-likeness (QED) is 0.458. The van der Waals surface area contributed by atoms with Crippen molar-refractivity contribution in [2.45, 2.75) is 25.2 Å². The number of thioether (sulfide) groups is 1. The first-order valence-corrected chi connectivity index (χ1v) is 9.72. The molecular weight excluding hydrogens is 384 g/mol. The first-order valence-electron chi connectivity index (χ1n) is 8.36. The maximum atomic E-state index is 12.2. The summed E-state index contributed by atoms with van der Waals surface area (Å²) >= 11 is 7.38. The molecule has 2 aromatic heterocycles. The van der Waals surface area contributed by atoms with Crippen LogP contribution in [-0.2, 0) is 17.9 Å². The van der Waals surface area contributed by atoms with E-state index in [1.807, 2.05) is 34.5 Å². The van der Waals surface area contributed by atoms with Crippen molar-refractivity contribution in [3.05, 3.63) is 54.3 Å². The van der Waals surface area contributed by atoms with Crippen molar-refractivity contribution in [2.75, 3.05) is 11.1 Å². The third-order valence-electron chi connectivity index (χ3n) is 3.72. The summed E-state index contributed by atoms with van der Waals surface area (Å²) in [6, 6.07) is 7.12. The van der Waals surface area contributed by atoms with Gasteiger partial charge in [-0.15, -0.1) is 16.8 Å². The van der Waals surface area contributed by atoms with E-state index >= 15 is 0 Å². The lowest BCUT2D eigenvalue weighted by Crippen LogP contribution is -2.15. The van der Waals surface area contributed by atoms with Crippen LogP contribution in [0, 0.1) is 0 Å². The molecule has 0 atom stereocenters. The second-order valence-corrected chi connectivity index (χ2v) is 6.96. The maximum absolute atomic E-state index is 12.2. The summed E-state index contributed by atoms with van der Waals surface area (Å²) in [5, 5.41) is 16.7. The Morgan fingerprint density at radius 3 is 2.89 bits per heavy atom. The highest BCUT2D eigenvalue weighted by atomic mass is 35.5. The van der Waals surface area contributed by atoms with Gasteiger partial charge in [-0.25, -0.2) is 0 Å². The summed E-state index contributed by atoms with van der Waals surface area (Å²) in [5.74, 6) is 0.722. The zero-order valence-corrected chi connectivity index (χ0v) is 16.4. The highest BCUT2D eigenvalue weighted by molar-refractivity contribution is 7.99. The number of anilines is 1. The van der Waals surface area contributed by atoms with Crippen LogP contribution < -0.4 is 5.32 Å². The monoisotopic (exact) mass is 402 g/mol. The fraction of sp³-hybridized carbons (Fsp3) is 0.222. The van der Waals surface area contributed by atoms with Crippen LogP contribution in [0.1, 0.15) is 6.92 Å². The van der Waals surface area contributed by atoms with Gasteiger partial charge in [0.05, 0.1) is 28.2 Å². The molecule has 0 fully saturated rings. The lowest BCUT2D eigenvalue weighted by molar-refractivity contribution is -0.113. The largest absolute Gasteiger partial charge is 0.324 e. The molecule has 0 aliphatic rings. The molecule has 7 nitrogen and oxygen atoms in total. The minimum absolute atomic E-state index is 0.165. The van der Waals surface area contributed by atoms with E-state index in [-0.39, 0.29) is 11.7 Å². The summed E-state index contributed by atoms with van der Waals surface area (Å²) in [7, 11) is 0. The van der Waals surface area contributed by atoms with Gasteiger partial charge in [-0.3, -0.25) is 14.0 Å². The second kappa shape index (κ2) is 8.88. The van der Waals surface area contributed by atoms with E-state index in [1.54, 1.807) is 24.4 Å². The summed E-state index contributed by atoms with van der Waals surface area (Å²) in [6.45, 7) is 7.12. The molecule has 3 rings (SSSR count). The number of aryl methyl sites for hydroxylation is 1. The molecule has 1 N–H and O–H groups in total. The van der Waals surface area contributed by atoms with E-state index in [1.165, 1.54) is 11.8 Å². The average molecular weight is 403 g/mol. The number of amides is 1. The zero-order valence-electron chi connectivity index (χ0n) is 14.8. The van der Waals surface area contributed by atoms with Crippen LogP contribution in [0.25, 0.3) is 11.4 Å². The normalized spacial score (nSPS) is 10.7. The van der Waals surface area contributed by atoms with E-state index < -0.39 is 0 Å². The van der Waals surface area contributed by atoms with Crippen LogP contribution in [0.5, 0.6) is 0 Å². The molecule has 0 bridgehead atoms. The third kappa shape index (κ3) is 4.58. The van der Waals surface area contributed by atoms with Crippen molar-refractivity contribution in [3.8, 4) is 11.4 Å². The molecule has 0 aliphatic carbocycles. The molecule has 0 unspecified atom stereocenters. The molecule has 0 saturated heterocycles. The molecule has 0 radical (unpaired) electrons. The van der Waals surface area contributed by atoms with Gasteiger partial charge >= 0.3 is 0 Å². The number of benzene rings is 1.